The van der Waals surface area contributed by atoms with Crippen molar-refractivity contribution in [1.29, 1.82) is 0 Å². The number of amides is 2. The number of hydrogen-bond donors (Lipinski definition) is 1. The monoisotopic (exact) mass is 481 g/mol. The van der Waals surface area contributed by atoms with Gasteiger partial charge in [0, 0.05) is 18.7 Å². The molecule has 2 atom stereocenters. The second-order valence-electron chi connectivity index (χ2n) is 9.66. The van der Waals surface area contributed by atoms with Crippen LogP contribution in [0.5, 0.6) is 0 Å². The van der Waals surface area contributed by atoms with E-state index in [9.17, 15) is 27.6 Å². The fourth-order valence-electron chi connectivity index (χ4n) is 4.21. The predicted molar refractivity (Wildman–Crippen MR) is 120 cm³/mol. The highest BCUT2D eigenvalue weighted by atomic mass is 19.4. The van der Waals surface area contributed by atoms with E-state index in [1.165, 1.54) is 11.0 Å². The zero-order valence-electron chi connectivity index (χ0n) is 20.0. The number of rotatable bonds is 4. The van der Waals surface area contributed by atoms with E-state index in [1.807, 2.05) is 13.0 Å². The molecule has 1 N–H and O–H groups in total. The minimum Gasteiger partial charge on any atom is -0.459 e. The van der Waals surface area contributed by atoms with E-state index in [4.69, 9.17) is 4.74 Å². The Morgan fingerprint density at radius 2 is 1.82 bits per heavy atom. The maximum Gasteiger partial charge on any atom is 0.416 e. The number of fused-ring (bicyclic) bond motifs is 1. The normalized spacial score (nSPS) is 21.7. The minimum atomic E-state index is -4.62. The van der Waals surface area contributed by atoms with Gasteiger partial charge in [0.1, 0.15) is 18.2 Å². The summed E-state index contributed by atoms with van der Waals surface area (Å²) in [5.41, 5.74) is -0.332. The van der Waals surface area contributed by atoms with Gasteiger partial charge in [-0.15, -0.1) is 0 Å². The Hall–Kier alpha value is -2.88. The Morgan fingerprint density at radius 1 is 1.15 bits per heavy atom. The molecule has 34 heavy (non-hydrogen) atoms. The number of hydrogen-bond acceptors (Lipinski definition) is 5. The number of nitrogens with zero attached hydrogens (tertiary/aromatic N) is 2. The molecule has 186 valence electrons. The number of esters is 1. The van der Waals surface area contributed by atoms with Crippen LogP contribution in [0, 0.1) is 0 Å². The number of anilines is 1. The molecule has 2 heterocycles. The highest BCUT2D eigenvalue weighted by Crippen LogP contribution is 2.37. The zero-order chi connectivity index (χ0) is 25.4. The van der Waals surface area contributed by atoms with Gasteiger partial charge < -0.3 is 15.0 Å². The molecule has 1 aromatic rings. The molecule has 1 aromatic carbocycles. The highest BCUT2D eigenvalue weighted by Gasteiger charge is 2.42. The van der Waals surface area contributed by atoms with E-state index in [1.54, 1.807) is 27.8 Å². The quantitative estimate of drug-likeness (QED) is 0.528. The molecule has 10 heteroatoms. The molecule has 0 spiro atoms. The summed E-state index contributed by atoms with van der Waals surface area (Å²) >= 11 is 0. The molecule has 0 aliphatic carbocycles. The second kappa shape index (κ2) is 9.40. The average molecular weight is 482 g/mol. The molecular formula is C24H30F3N3O4. The second-order valence-corrected chi connectivity index (χ2v) is 9.66. The molecule has 0 fully saturated rings. The van der Waals surface area contributed by atoms with Crippen LogP contribution in [0.3, 0.4) is 0 Å². The fourth-order valence-corrected chi connectivity index (χ4v) is 4.21. The summed E-state index contributed by atoms with van der Waals surface area (Å²) in [5, 5.41) is 2.96. The highest BCUT2D eigenvalue weighted by molar-refractivity contribution is 6.05. The van der Waals surface area contributed by atoms with E-state index in [-0.39, 0.29) is 24.6 Å². The van der Waals surface area contributed by atoms with Crippen molar-refractivity contribution in [2.24, 2.45) is 0 Å². The first-order valence-corrected chi connectivity index (χ1v) is 11.1. The third-order valence-corrected chi connectivity index (χ3v) is 5.84. The van der Waals surface area contributed by atoms with E-state index in [0.717, 1.165) is 22.6 Å². The van der Waals surface area contributed by atoms with Gasteiger partial charge in [0.25, 0.3) is 5.91 Å². The number of alkyl halides is 3. The lowest BCUT2D eigenvalue weighted by molar-refractivity contribution is -0.154. The Labute approximate surface area is 196 Å². The number of nitrogens with one attached hydrogen (secondary N) is 1. The van der Waals surface area contributed by atoms with Gasteiger partial charge in [0.05, 0.1) is 11.6 Å². The molecule has 2 aliphatic heterocycles. The fraction of sp³-hybridized carbons (Fsp3) is 0.542. The van der Waals surface area contributed by atoms with Crippen LogP contribution in [0.1, 0.15) is 45.2 Å². The number of benzene rings is 1. The van der Waals surface area contributed by atoms with Gasteiger partial charge in [-0.25, -0.2) is 0 Å². The van der Waals surface area contributed by atoms with Crippen molar-refractivity contribution in [2.75, 3.05) is 25.0 Å². The van der Waals surface area contributed by atoms with Gasteiger partial charge in [0.15, 0.2) is 0 Å². The van der Waals surface area contributed by atoms with E-state index < -0.39 is 47.8 Å². The summed E-state index contributed by atoms with van der Waals surface area (Å²) in [4.78, 5) is 41.8. The molecule has 0 bridgehead atoms. The number of carbonyl (C=O) groups excluding carboxylic acids is 3. The van der Waals surface area contributed by atoms with Crippen LogP contribution in [0.15, 0.2) is 29.8 Å². The zero-order valence-corrected chi connectivity index (χ0v) is 20.0. The average Bonchev–Trinajstić information content (AvgIpc) is 2.85. The summed E-state index contributed by atoms with van der Waals surface area (Å²) in [7, 11) is 1.66. The molecule has 0 unspecified atom stereocenters. The van der Waals surface area contributed by atoms with Crippen molar-refractivity contribution in [1.82, 2.24) is 10.2 Å². The molecule has 0 radical (unpaired) electrons. The Kier molecular flexibility index (Phi) is 7.12. The molecule has 0 aromatic heterocycles. The largest absolute Gasteiger partial charge is 0.459 e. The summed E-state index contributed by atoms with van der Waals surface area (Å²) in [6, 6.07) is 1.64. The number of likely N-dealkylation sites (N-methyl/N-ethyl adjacent to an activating group) is 1. The molecule has 0 saturated heterocycles. The maximum atomic E-state index is 13.6. The van der Waals surface area contributed by atoms with Gasteiger partial charge in [0.2, 0.25) is 5.91 Å². The third-order valence-electron chi connectivity index (χ3n) is 5.84. The minimum absolute atomic E-state index is 0.00101. The van der Waals surface area contributed by atoms with E-state index in [2.05, 4.69) is 5.32 Å². The Balaban J connectivity index is 2.03. The van der Waals surface area contributed by atoms with Crippen LogP contribution < -0.4 is 10.2 Å². The lowest BCUT2D eigenvalue weighted by atomic mass is 9.93. The topological polar surface area (TPSA) is 79.0 Å². The molecule has 2 amide bonds. The van der Waals surface area contributed by atoms with E-state index in [0.29, 0.717) is 12.0 Å². The maximum absolute atomic E-state index is 13.6. The smallest absolute Gasteiger partial charge is 0.416 e. The summed E-state index contributed by atoms with van der Waals surface area (Å²) in [6.07, 6.45) is -2.22. The van der Waals surface area contributed by atoms with Crippen molar-refractivity contribution < 1.29 is 32.3 Å². The lowest BCUT2D eigenvalue weighted by Gasteiger charge is -2.40. The van der Waals surface area contributed by atoms with Crippen LogP contribution in [-0.4, -0.2) is 60.5 Å². The van der Waals surface area contributed by atoms with Gasteiger partial charge in [-0.2, -0.15) is 13.2 Å². The standard InChI is InChI=1S/C24H30F3N3O4/c1-14-8-9-29(21(32)17(10-14)28-5)19-11-15-6-7-16(24(25,26)27)12-18(15)30(22(19)33)13-20(31)34-23(2,3)4/h6-8,12,17,19,28H,9-11,13H2,1-5H3/t17-,19-/m0/s1. The van der Waals surface area contributed by atoms with Crippen LogP contribution in [0.25, 0.3) is 0 Å². The van der Waals surface area contributed by atoms with Gasteiger partial charge in [-0.1, -0.05) is 17.7 Å². The summed E-state index contributed by atoms with van der Waals surface area (Å²) in [5.74, 6) is -1.65. The molecule has 3 rings (SSSR count). The summed E-state index contributed by atoms with van der Waals surface area (Å²) in [6.45, 7) is 6.49. The van der Waals surface area contributed by atoms with E-state index >= 15 is 0 Å². The van der Waals surface area contributed by atoms with Crippen molar-refractivity contribution in [3.8, 4) is 0 Å². The van der Waals surface area contributed by atoms with Crippen LogP contribution in [-0.2, 0) is 31.7 Å². The van der Waals surface area contributed by atoms with Gasteiger partial charge in [-0.05, 0) is 58.9 Å². The van der Waals surface area contributed by atoms with Crippen molar-refractivity contribution in [2.45, 2.75) is 64.4 Å². The SMILES string of the molecule is CN[C@H]1CC(C)=CCN([C@H]2Cc3ccc(C(F)(F)F)cc3N(CC(=O)OC(C)(C)C)C2=O)C1=O. The molecule has 0 saturated carbocycles. The van der Waals surface area contributed by atoms with Crippen molar-refractivity contribution in [3.63, 3.8) is 0 Å². The number of ether oxygens (including phenoxy) is 1. The first-order chi connectivity index (χ1) is 15.7. The Morgan fingerprint density at radius 3 is 2.41 bits per heavy atom. The number of halogens is 3. The van der Waals surface area contributed by atoms with Crippen molar-refractivity contribution in [3.05, 3.63) is 41.0 Å². The molecular weight excluding hydrogens is 451 g/mol. The number of carbonyl (C=O) groups is 3. The first kappa shape index (κ1) is 25.7. The predicted octanol–water partition coefficient (Wildman–Crippen LogP) is 3.07. The van der Waals surface area contributed by atoms with Crippen LogP contribution in [0.4, 0.5) is 18.9 Å². The first-order valence-electron chi connectivity index (χ1n) is 11.1. The van der Waals surface area contributed by atoms with Crippen LogP contribution >= 0.6 is 0 Å². The Bertz CT molecular complexity index is 1010. The van der Waals surface area contributed by atoms with Crippen LogP contribution in [0.2, 0.25) is 0 Å². The summed E-state index contributed by atoms with van der Waals surface area (Å²) < 4.78 is 45.5. The van der Waals surface area contributed by atoms with Gasteiger partial charge >= 0.3 is 12.1 Å². The lowest BCUT2D eigenvalue weighted by Crippen LogP contribution is -2.58. The van der Waals surface area contributed by atoms with Gasteiger partial charge in [-0.3, -0.25) is 19.3 Å². The van der Waals surface area contributed by atoms with Crippen molar-refractivity contribution >= 4 is 23.5 Å². The third kappa shape index (κ3) is 5.60. The molecule has 7 nitrogen and oxygen atoms in total. The molecule has 2 aliphatic rings.